The van der Waals surface area contributed by atoms with Crippen molar-refractivity contribution in [3.8, 4) is 6.07 Å². The van der Waals surface area contributed by atoms with Crippen LogP contribution in [0.1, 0.15) is 16.7 Å². The highest BCUT2D eigenvalue weighted by atomic mass is 32.2. The fraction of sp³-hybridized carbons (Fsp3) is 0.118. The van der Waals surface area contributed by atoms with Crippen molar-refractivity contribution in [2.75, 3.05) is 4.72 Å². The van der Waals surface area contributed by atoms with Crippen LogP contribution < -0.4 is 4.72 Å². The van der Waals surface area contributed by atoms with Crippen LogP contribution in [0.4, 0.5) is 10.1 Å². The molecule has 23 heavy (non-hydrogen) atoms. The van der Waals surface area contributed by atoms with E-state index >= 15 is 0 Å². The van der Waals surface area contributed by atoms with Gasteiger partial charge in [0, 0.05) is 5.69 Å². The van der Waals surface area contributed by atoms with Crippen LogP contribution in [-0.4, -0.2) is 8.42 Å². The number of halogens is 1. The van der Waals surface area contributed by atoms with E-state index in [-0.39, 0.29) is 5.69 Å². The summed E-state index contributed by atoms with van der Waals surface area (Å²) < 4.78 is 39.8. The van der Waals surface area contributed by atoms with Gasteiger partial charge in [0.25, 0.3) is 10.0 Å². The van der Waals surface area contributed by atoms with E-state index in [1.165, 1.54) is 18.2 Å². The fourth-order valence-corrected chi connectivity index (χ4v) is 2.91. The highest BCUT2D eigenvalue weighted by Gasteiger charge is 2.18. The second-order valence-corrected chi connectivity index (χ2v) is 6.74. The lowest BCUT2D eigenvalue weighted by Crippen LogP contribution is -2.14. The molecule has 4 nitrogen and oxygen atoms in total. The van der Waals surface area contributed by atoms with Crippen LogP contribution in [0.3, 0.4) is 0 Å². The molecule has 0 spiro atoms. The number of hydrogen-bond donors (Lipinski definition) is 1. The first-order chi connectivity index (χ1) is 10.8. The first-order valence-corrected chi connectivity index (χ1v) is 8.27. The summed E-state index contributed by atoms with van der Waals surface area (Å²) in [6, 6.07) is 12.1. The van der Waals surface area contributed by atoms with E-state index in [2.05, 4.69) is 4.72 Å². The van der Waals surface area contributed by atoms with Crippen molar-refractivity contribution in [3.05, 3.63) is 69.9 Å². The first-order valence-electron chi connectivity index (χ1n) is 6.79. The Morgan fingerprint density at radius 3 is 2.43 bits per heavy atom. The summed E-state index contributed by atoms with van der Waals surface area (Å²) >= 11 is 0. The third kappa shape index (κ3) is 4.18. The minimum absolute atomic E-state index is 0.188. The van der Waals surface area contributed by atoms with Crippen molar-refractivity contribution in [1.29, 1.82) is 5.26 Å². The van der Waals surface area contributed by atoms with Crippen molar-refractivity contribution in [2.45, 2.75) is 13.8 Å². The number of sulfonamides is 1. The van der Waals surface area contributed by atoms with Crippen molar-refractivity contribution < 1.29 is 12.8 Å². The van der Waals surface area contributed by atoms with Crippen molar-refractivity contribution in [1.82, 2.24) is 0 Å². The third-order valence-corrected chi connectivity index (χ3v) is 4.51. The number of allylic oxidation sites excluding steroid dienone is 1. The van der Waals surface area contributed by atoms with Gasteiger partial charge in [-0.1, -0.05) is 23.8 Å². The van der Waals surface area contributed by atoms with Gasteiger partial charge < -0.3 is 0 Å². The molecule has 2 aromatic carbocycles. The van der Waals surface area contributed by atoms with Gasteiger partial charge in [-0.2, -0.15) is 5.26 Å². The Labute approximate surface area is 134 Å². The summed E-state index contributed by atoms with van der Waals surface area (Å²) in [5, 5.41) is 9.21. The van der Waals surface area contributed by atoms with E-state index in [0.29, 0.717) is 5.56 Å². The van der Waals surface area contributed by atoms with Crippen LogP contribution in [0.25, 0.3) is 6.08 Å². The molecule has 1 N–H and O–H groups in total. The Balaban J connectivity index is 2.39. The van der Waals surface area contributed by atoms with Gasteiger partial charge in [0.1, 0.15) is 11.9 Å². The number of nitrogens with one attached hydrogen (secondary N) is 1. The molecule has 6 heteroatoms. The average Bonchev–Trinajstić information content (AvgIpc) is 2.50. The van der Waals surface area contributed by atoms with Gasteiger partial charge in [-0.3, -0.25) is 4.72 Å². The molecule has 0 unspecified atom stereocenters. The van der Waals surface area contributed by atoms with E-state index in [9.17, 15) is 18.1 Å². The van der Waals surface area contributed by atoms with Crippen LogP contribution in [0.2, 0.25) is 0 Å². The molecule has 2 rings (SSSR count). The summed E-state index contributed by atoms with van der Waals surface area (Å²) in [6.07, 6.45) is 1.33. The molecule has 0 saturated heterocycles. The molecule has 118 valence electrons. The molecule has 0 aromatic heterocycles. The van der Waals surface area contributed by atoms with Crippen LogP contribution in [0.15, 0.2) is 47.4 Å². The van der Waals surface area contributed by atoms with Crippen LogP contribution in [0.5, 0.6) is 0 Å². The maximum Gasteiger partial charge on any atom is 0.272 e. The Morgan fingerprint density at radius 1 is 1.17 bits per heavy atom. The molecule has 0 radical (unpaired) electrons. The molecule has 0 aliphatic rings. The smallest absolute Gasteiger partial charge is 0.272 e. The minimum Gasteiger partial charge on any atom is -0.279 e. The molecular weight excluding hydrogens is 315 g/mol. The van der Waals surface area contributed by atoms with Crippen molar-refractivity contribution in [2.24, 2.45) is 0 Å². The Bertz CT molecular complexity index is 895. The maximum absolute atomic E-state index is 12.9. The Kier molecular flexibility index (Phi) is 4.82. The van der Waals surface area contributed by atoms with Crippen molar-refractivity contribution in [3.63, 3.8) is 0 Å². The van der Waals surface area contributed by atoms with E-state index in [0.717, 1.165) is 23.3 Å². The molecule has 0 amide bonds. The summed E-state index contributed by atoms with van der Waals surface area (Å²) in [5.41, 5.74) is 2.67. The number of anilines is 1. The first kappa shape index (κ1) is 16.7. The van der Waals surface area contributed by atoms with Gasteiger partial charge in [-0.05, 0) is 55.3 Å². The fourth-order valence-electron chi connectivity index (χ4n) is 1.95. The Hall–Kier alpha value is -2.65. The number of hydrogen-bond acceptors (Lipinski definition) is 3. The molecule has 0 saturated carbocycles. The second-order valence-electron chi connectivity index (χ2n) is 5.09. The second kappa shape index (κ2) is 6.63. The molecule has 0 fully saturated rings. The van der Waals surface area contributed by atoms with Crippen LogP contribution >= 0.6 is 0 Å². The van der Waals surface area contributed by atoms with Gasteiger partial charge in [-0.15, -0.1) is 0 Å². The number of aryl methyl sites for hydroxylation is 2. The van der Waals surface area contributed by atoms with E-state index in [1.54, 1.807) is 12.1 Å². The lowest BCUT2D eigenvalue weighted by molar-refractivity contribution is 0.608. The predicted molar refractivity (Wildman–Crippen MR) is 88.4 cm³/mol. The number of benzene rings is 2. The maximum atomic E-state index is 12.9. The minimum atomic E-state index is -4.04. The molecule has 0 aliphatic carbocycles. The molecule has 2 aromatic rings. The zero-order valence-corrected chi connectivity index (χ0v) is 13.5. The largest absolute Gasteiger partial charge is 0.279 e. The summed E-state index contributed by atoms with van der Waals surface area (Å²) in [5.74, 6) is -0.473. The van der Waals surface area contributed by atoms with Gasteiger partial charge in [0.15, 0.2) is 4.91 Å². The Morgan fingerprint density at radius 2 is 1.83 bits per heavy atom. The molecular formula is C17H15FN2O2S. The lowest BCUT2D eigenvalue weighted by atomic mass is 10.1. The van der Waals surface area contributed by atoms with Crippen molar-refractivity contribution >= 4 is 21.8 Å². The van der Waals surface area contributed by atoms with Crippen LogP contribution in [-0.2, 0) is 10.0 Å². The zero-order valence-electron chi connectivity index (χ0n) is 12.7. The SMILES string of the molecule is Cc1ccc(C)c(/C=C(/C#N)S(=O)(=O)Nc2ccc(F)cc2)c1. The normalized spacial score (nSPS) is 11.8. The van der Waals surface area contributed by atoms with Crippen LogP contribution in [0, 0.1) is 31.0 Å². The van der Waals surface area contributed by atoms with E-state index < -0.39 is 20.7 Å². The summed E-state index contributed by atoms with van der Waals surface area (Å²) in [7, 11) is -4.04. The van der Waals surface area contributed by atoms with E-state index in [4.69, 9.17) is 0 Å². The van der Waals surface area contributed by atoms with Gasteiger partial charge in [0.2, 0.25) is 0 Å². The topological polar surface area (TPSA) is 70.0 Å². The number of nitriles is 1. The van der Waals surface area contributed by atoms with Gasteiger partial charge in [-0.25, -0.2) is 12.8 Å². The number of nitrogens with zero attached hydrogens (tertiary/aromatic N) is 1. The standard InChI is InChI=1S/C17H15FN2O2S/c1-12-3-4-13(2)14(9-12)10-17(11-19)23(21,22)20-16-7-5-15(18)6-8-16/h3-10,20H,1-2H3/b17-10-. The van der Waals surface area contributed by atoms with Gasteiger partial charge >= 0.3 is 0 Å². The van der Waals surface area contributed by atoms with E-state index in [1.807, 2.05) is 26.0 Å². The molecule has 0 aliphatic heterocycles. The zero-order chi connectivity index (χ0) is 17.0. The molecule has 0 atom stereocenters. The predicted octanol–water partition coefficient (Wildman–Crippen LogP) is 3.75. The number of rotatable bonds is 4. The highest BCUT2D eigenvalue weighted by Crippen LogP contribution is 2.19. The molecule has 0 heterocycles. The average molecular weight is 330 g/mol. The lowest BCUT2D eigenvalue weighted by Gasteiger charge is -2.08. The monoisotopic (exact) mass is 330 g/mol. The summed E-state index contributed by atoms with van der Waals surface area (Å²) in [6.45, 7) is 3.72. The quantitative estimate of drug-likeness (QED) is 0.868. The highest BCUT2D eigenvalue weighted by molar-refractivity contribution is 7.96. The molecule has 0 bridgehead atoms. The third-order valence-electron chi connectivity index (χ3n) is 3.22. The summed E-state index contributed by atoms with van der Waals surface area (Å²) in [4.78, 5) is -0.407. The van der Waals surface area contributed by atoms with Gasteiger partial charge in [0.05, 0.1) is 0 Å².